The Labute approximate surface area is 209 Å². The third-order valence-corrected chi connectivity index (χ3v) is 9.14. The Morgan fingerprint density at radius 1 is 1.09 bits per heavy atom. The molecular formula is C28H25N2O3S2-. The highest BCUT2D eigenvalue weighted by molar-refractivity contribution is 7.92. The average Bonchev–Trinajstić information content (AvgIpc) is 3.46. The van der Waals surface area contributed by atoms with Gasteiger partial charge in [-0.25, -0.2) is 0 Å². The lowest BCUT2D eigenvalue weighted by atomic mass is 9.81. The minimum absolute atomic E-state index is 0.143. The number of thiophene rings is 1. The summed E-state index contributed by atoms with van der Waals surface area (Å²) in [5, 5.41) is 17.6. The Hall–Kier alpha value is -3.42. The first-order valence-corrected chi connectivity index (χ1v) is 13.7. The van der Waals surface area contributed by atoms with E-state index in [0.717, 1.165) is 28.1 Å². The van der Waals surface area contributed by atoms with Crippen LogP contribution in [0.5, 0.6) is 0 Å². The summed E-state index contributed by atoms with van der Waals surface area (Å²) in [5.41, 5.74) is 3.14. The monoisotopic (exact) mass is 501 g/mol. The highest BCUT2D eigenvalue weighted by Gasteiger charge is 2.40. The van der Waals surface area contributed by atoms with Gasteiger partial charge in [-0.3, -0.25) is 0 Å². The Morgan fingerprint density at radius 3 is 2.60 bits per heavy atom. The minimum atomic E-state index is -3.90. The van der Waals surface area contributed by atoms with Gasteiger partial charge in [-0.15, -0.1) is 11.3 Å². The standard InChI is InChI=1S/C28H26N2O3S2/c1-4-30-23-16-15-19-10-5-6-11-20(19)27(23)28(2,3)25(30)18-24(31)21-12-7-8-13-22(21)29-35(32,33)26-14-9-17-34-26/h5-18,31H,4H2,1-3H3/p-1/b24-21?,25-18+,29-22?. The molecule has 2 heterocycles. The number of fused-ring (bicyclic) bond motifs is 3. The fourth-order valence-electron chi connectivity index (χ4n) is 4.88. The van der Waals surface area contributed by atoms with Gasteiger partial charge in [0.15, 0.2) is 0 Å². The summed E-state index contributed by atoms with van der Waals surface area (Å²) in [6.45, 7) is 7.03. The van der Waals surface area contributed by atoms with Gasteiger partial charge in [0.1, 0.15) is 4.21 Å². The topological polar surface area (TPSA) is 72.8 Å². The van der Waals surface area contributed by atoms with Crippen LogP contribution in [0.1, 0.15) is 26.3 Å². The van der Waals surface area contributed by atoms with Gasteiger partial charge in [-0.2, -0.15) is 12.8 Å². The normalized spacial score (nSPS) is 20.7. The van der Waals surface area contributed by atoms with E-state index in [2.05, 4.69) is 54.3 Å². The second-order valence-corrected chi connectivity index (χ2v) is 11.7. The quantitative estimate of drug-likeness (QED) is 0.444. The zero-order valence-corrected chi connectivity index (χ0v) is 21.4. The van der Waals surface area contributed by atoms with Crippen molar-refractivity contribution in [3.05, 3.63) is 107 Å². The summed E-state index contributed by atoms with van der Waals surface area (Å²) < 4.78 is 29.7. The van der Waals surface area contributed by atoms with Crippen LogP contribution in [0.25, 0.3) is 10.8 Å². The zero-order chi connectivity index (χ0) is 24.8. The number of anilines is 1. The van der Waals surface area contributed by atoms with E-state index < -0.39 is 15.4 Å². The maximum absolute atomic E-state index is 13.6. The molecule has 0 bridgehead atoms. The average molecular weight is 502 g/mol. The van der Waals surface area contributed by atoms with Crippen molar-refractivity contribution >= 4 is 43.5 Å². The largest absolute Gasteiger partial charge is 0.872 e. The molecule has 0 N–H and O–H groups in total. The SMILES string of the molecule is CCN1/C(=C/C([O-])=C2C=CC=CC2=NS(=O)(=O)c2cccs2)C(C)(C)c2c1ccc1ccccc21. The molecule has 0 saturated heterocycles. The lowest BCUT2D eigenvalue weighted by molar-refractivity contribution is -0.295. The summed E-state index contributed by atoms with van der Waals surface area (Å²) in [4.78, 5) is 2.17. The van der Waals surface area contributed by atoms with Crippen molar-refractivity contribution < 1.29 is 13.5 Å². The molecule has 5 nitrogen and oxygen atoms in total. The lowest BCUT2D eigenvalue weighted by Crippen LogP contribution is -2.27. The number of sulfonamides is 1. The first kappa shape index (κ1) is 23.3. The van der Waals surface area contributed by atoms with Crippen molar-refractivity contribution in [2.45, 2.75) is 30.4 Å². The number of allylic oxidation sites excluding steroid dienone is 7. The first-order chi connectivity index (χ1) is 16.7. The third-order valence-electron chi connectivity index (χ3n) is 6.48. The summed E-state index contributed by atoms with van der Waals surface area (Å²) in [6, 6.07) is 15.7. The molecule has 2 aliphatic rings. The first-order valence-electron chi connectivity index (χ1n) is 11.4. The number of likely N-dealkylation sites (N-methyl/N-ethyl adjacent to an activating group) is 1. The predicted octanol–water partition coefficient (Wildman–Crippen LogP) is 5.47. The number of nitrogens with zero attached hydrogens (tertiary/aromatic N) is 2. The Balaban J connectivity index is 1.65. The molecule has 0 fully saturated rings. The molecule has 1 aliphatic carbocycles. The number of rotatable bonds is 4. The smallest absolute Gasteiger partial charge is 0.292 e. The van der Waals surface area contributed by atoms with Gasteiger partial charge in [0.25, 0.3) is 10.0 Å². The van der Waals surface area contributed by atoms with E-state index in [-0.39, 0.29) is 21.3 Å². The van der Waals surface area contributed by atoms with Crippen molar-refractivity contribution in [2.75, 3.05) is 11.4 Å². The van der Waals surface area contributed by atoms with Gasteiger partial charge in [-0.05, 0) is 58.5 Å². The fraction of sp³-hybridized carbons (Fsp3) is 0.179. The lowest BCUT2D eigenvalue weighted by Gasteiger charge is -2.28. The maximum Gasteiger partial charge on any atom is 0.292 e. The third kappa shape index (κ3) is 3.94. The van der Waals surface area contributed by atoms with Crippen molar-refractivity contribution in [1.29, 1.82) is 0 Å². The van der Waals surface area contributed by atoms with Crippen LogP contribution in [-0.4, -0.2) is 20.7 Å². The highest BCUT2D eigenvalue weighted by Crippen LogP contribution is 2.50. The number of hydrogen-bond acceptors (Lipinski definition) is 5. The van der Waals surface area contributed by atoms with Crippen LogP contribution < -0.4 is 10.0 Å². The van der Waals surface area contributed by atoms with Gasteiger partial charge in [0, 0.05) is 23.3 Å². The predicted molar refractivity (Wildman–Crippen MR) is 142 cm³/mol. The van der Waals surface area contributed by atoms with E-state index in [4.69, 9.17) is 0 Å². The van der Waals surface area contributed by atoms with Crippen molar-refractivity contribution in [2.24, 2.45) is 4.40 Å². The van der Waals surface area contributed by atoms with Gasteiger partial charge >= 0.3 is 0 Å². The van der Waals surface area contributed by atoms with E-state index in [0.29, 0.717) is 6.54 Å². The molecule has 0 amide bonds. The number of hydrogen-bond donors (Lipinski definition) is 0. The summed E-state index contributed by atoms with van der Waals surface area (Å²) in [5.74, 6) is -0.274. The van der Waals surface area contributed by atoms with E-state index in [9.17, 15) is 13.5 Å². The molecule has 0 spiro atoms. The molecule has 3 aromatic rings. The van der Waals surface area contributed by atoms with Crippen LogP contribution in [0.3, 0.4) is 0 Å². The van der Waals surface area contributed by atoms with Crippen LogP contribution in [0.15, 0.2) is 110 Å². The fourth-order valence-corrected chi connectivity index (χ4v) is 6.86. The molecule has 1 aromatic heterocycles. The van der Waals surface area contributed by atoms with Crippen LogP contribution in [0.4, 0.5) is 5.69 Å². The Morgan fingerprint density at radius 2 is 1.86 bits per heavy atom. The molecule has 2 aromatic carbocycles. The summed E-state index contributed by atoms with van der Waals surface area (Å²) >= 11 is 1.10. The van der Waals surface area contributed by atoms with E-state index in [1.54, 1.807) is 41.8 Å². The second-order valence-electron chi connectivity index (χ2n) is 8.96. The van der Waals surface area contributed by atoms with E-state index >= 15 is 0 Å². The molecule has 0 radical (unpaired) electrons. The molecule has 0 saturated carbocycles. The summed E-state index contributed by atoms with van der Waals surface area (Å²) in [6.07, 6.45) is 8.25. The van der Waals surface area contributed by atoms with Gasteiger partial charge < -0.3 is 10.0 Å². The van der Waals surface area contributed by atoms with E-state index in [1.807, 2.05) is 12.1 Å². The second kappa shape index (κ2) is 8.66. The Kier molecular flexibility index (Phi) is 5.77. The molecule has 0 atom stereocenters. The van der Waals surface area contributed by atoms with Gasteiger partial charge in [0.05, 0.1) is 5.71 Å². The van der Waals surface area contributed by atoms with Crippen LogP contribution in [-0.2, 0) is 15.4 Å². The van der Waals surface area contributed by atoms with Crippen LogP contribution >= 0.6 is 11.3 Å². The van der Waals surface area contributed by atoms with Gasteiger partial charge in [0.2, 0.25) is 0 Å². The van der Waals surface area contributed by atoms with Crippen molar-refractivity contribution in [3.63, 3.8) is 0 Å². The van der Waals surface area contributed by atoms with Crippen molar-refractivity contribution in [1.82, 2.24) is 0 Å². The highest BCUT2D eigenvalue weighted by atomic mass is 32.2. The molecule has 7 heteroatoms. The molecule has 5 rings (SSSR count). The van der Waals surface area contributed by atoms with E-state index in [1.165, 1.54) is 17.0 Å². The van der Waals surface area contributed by atoms with Gasteiger partial charge in [-0.1, -0.05) is 74.2 Å². The molecular weight excluding hydrogens is 476 g/mol. The molecule has 1 aliphatic heterocycles. The summed E-state index contributed by atoms with van der Waals surface area (Å²) in [7, 11) is -3.90. The van der Waals surface area contributed by atoms with Crippen molar-refractivity contribution in [3.8, 4) is 0 Å². The van der Waals surface area contributed by atoms with Crippen LogP contribution in [0.2, 0.25) is 0 Å². The molecule has 178 valence electrons. The number of benzene rings is 2. The Bertz CT molecular complexity index is 1570. The maximum atomic E-state index is 13.6. The minimum Gasteiger partial charge on any atom is -0.872 e. The molecule has 0 unspecified atom stereocenters. The van der Waals surface area contributed by atoms with Crippen LogP contribution in [0, 0.1) is 0 Å². The zero-order valence-electron chi connectivity index (χ0n) is 19.7. The molecule has 35 heavy (non-hydrogen) atoms.